The molecule has 6 nitrogen and oxygen atoms in total. The van der Waals surface area contributed by atoms with Crippen LogP contribution in [-0.4, -0.2) is 34.7 Å². The number of carbonyl (C=O) groups is 2. The standard InChI is InChI=1S/C19H18O6/c1-3-18(22)25-12(2)11-24-15-7-4-13(5-8-15)19(23)16-9-6-14(20)10-17(16)21/h3-10,12,20-21H,1,11H2,2H3. The lowest BCUT2D eigenvalue weighted by molar-refractivity contribution is -0.143. The van der Waals surface area contributed by atoms with Gasteiger partial charge in [-0.25, -0.2) is 4.79 Å². The van der Waals surface area contributed by atoms with Gasteiger partial charge in [-0.2, -0.15) is 0 Å². The molecule has 0 radical (unpaired) electrons. The van der Waals surface area contributed by atoms with Crippen LogP contribution in [0.1, 0.15) is 22.8 Å². The summed E-state index contributed by atoms with van der Waals surface area (Å²) < 4.78 is 10.5. The minimum Gasteiger partial charge on any atom is -0.508 e. The molecule has 0 aliphatic rings. The van der Waals surface area contributed by atoms with Gasteiger partial charge in [-0.3, -0.25) is 4.79 Å². The topological polar surface area (TPSA) is 93.1 Å². The van der Waals surface area contributed by atoms with Gasteiger partial charge >= 0.3 is 5.97 Å². The molecular formula is C19H18O6. The highest BCUT2D eigenvalue weighted by Crippen LogP contribution is 2.25. The number of ketones is 1. The average Bonchev–Trinajstić information content (AvgIpc) is 2.59. The molecule has 0 saturated carbocycles. The van der Waals surface area contributed by atoms with Crippen LogP contribution in [0.5, 0.6) is 17.2 Å². The maximum Gasteiger partial charge on any atom is 0.330 e. The zero-order valence-corrected chi connectivity index (χ0v) is 13.6. The van der Waals surface area contributed by atoms with Gasteiger partial charge in [-0.05, 0) is 43.3 Å². The van der Waals surface area contributed by atoms with Crippen molar-refractivity contribution >= 4 is 11.8 Å². The molecule has 0 spiro atoms. The second-order valence-electron chi connectivity index (χ2n) is 5.32. The zero-order chi connectivity index (χ0) is 18.4. The minimum atomic E-state index is -0.522. The van der Waals surface area contributed by atoms with E-state index < -0.39 is 12.1 Å². The Morgan fingerprint density at radius 3 is 2.44 bits per heavy atom. The fourth-order valence-electron chi connectivity index (χ4n) is 2.06. The van der Waals surface area contributed by atoms with Crippen LogP contribution in [0.25, 0.3) is 0 Å². The van der Waals surface area contributed by atoms with Crippen molar-refractivity contribution in [2.45, 2.75) is 13.0 Å². The molecule has 1 atom stereocenters. The lowest BCUT2D eigenvalue weighted by atomic mass is 10.0. The summed E-state index contributed by atoms with van der Waals surface area (Å²) in [6, 6.07) is 10.1. The fourth-order valence-corrected chi connectivity index (χ4v) is 2.06. The summed E-state index contributed by atoms with van der Waals surface area (Å²) in [6.07, 6.45) is 0.635. The van der Waals surface area contributed by atoms with Crippen LogP contribution in [-0.2, 0) is 9.53 Å². The average molecular weight is 342 g/mol. The Balaban J connectivity index is 2.00. The molecule has 0 aliphatic carbocycles. The summed E-state index contributed by atoms with van der Waals surface area (Å²) in [5.41, 5.74) is 0.455. The number of carbonyl (C=O) groups excluding carboxylic acids is 2. The predicted molar refractivity (Wildman–Crippen MR) is 90.9 cm³/mol. The van der Waals surface area contributed by atoms with Crippen molar-refractivity contribution in [1.82, 2.24) is 0 Å². The van der Waals surface area contributed by atoms with Crippen molar-refractivity contribution < 1.29 is 29.3 Å². The highest BCUT2D eigenvalue weighted by molar-refractivity contribution is 6.10. The number of ether oxygens (including phenoxy) is 2. The third-order valence-corrected chi connectivity index (χ3v) is 3.31. The fraction of sp³-hybridized carbons (Fsp3) is 0.158. The Kier molecular flexibility index (Phi) is 5.79. The van der Waals surface area contributed by atoms with E-state index in [1.165, 1.54) is 12.1 Å². The van der Waals surface area contributed by atoms with E-state index in [9.17, 15) is 19.8 Å². The Hall–Kier alpha value is -3.28. The molecule has 2 aromatic carbocycles. The summed E-state index contributed by atoms with van der Waals surface area (Å²) in [4.78, 5) is 23.4. The molecular weight excluding hydrogens is 324 g/mol. The van der Waals surface area contributed by atoms with Gasteiger partial charge in [0.1, 0.15) is 30.0 Å². The molecule has 0 heterocycles. The third kappa shape index (κ3) is 4.84. The first kappa shape index (κ1) is 18.1. The summed E-state index contributed by atoms with van der Waals surface area (Å²) in [5, 5.41) is 19.0. The van der Waals surface area contributed by atoms with Gasteiger partial charge in [-0.1, -0.05) is 6.58 Å². The maximum atomic E-state index is 12.4. The van der Waals surface area contributed by atoms with E-state index in [1.807, 2.05) is 0 Å². The van der Waals surface area contributed by atoms with E-state index in [0.29, 0.717) is 11.3 Å². The van der Waals surface area contributed by atoms with Gasteiger partial charge in [0.2, 0.25) is 0 Å². The van der Waals surface area contributed by atoms with E-state index in [4.69, 9.17) is 9.47 Å². The Labute approximate surface area is 144 Å². The number of benzene rings is 2. The number of esters is 1. The van der Waals surface area contributed by atoms with Crippen molar-refractivity contribution in [3.63, 3.8) is 0 Å². The number of hydrogen-bond acceptors (Lipinski definition) is 6. The highest BCUT2D eigenvalue weighted by Gasteiger charge is 2.14. The van der Waals surface area contributed by atoms with Crippen LogP contribution in [0.15, 0.2) is 55.1 Å². The first-order chi connectivity index (χ1) is 11.9. The predicted octanol–water partition coefficient (Wildman–Crippen LogP) is 2.83. The SMILES string of the molecule is C=CC(=O)OC(C)COc1ccc(C(=O)c2ccc(O)cc2O)cc1. The van der Waals surface area contributed by atoms with Crippen molar-refractivity contribution in [3.8, 4) is 17.2 Å². The molecule has 0 amide bonds. The molecule has 6 heteroatoms. The van der Waals surface area contributed by atoms with Crippen molar-refractivity contribution in [2.75, 3.05) is 6.61 Å². The van der Waals surface area contributed by atoms with E-state index in [2.05, 4.69) is 6.58 Å². The lowest BCUT2D eigenvalue weighted by Crippen LogP contribution is -2.20. The zero-order valence-electron chi connectivity index (χ0n) is 13.6. The van der Waals surface area contributed by atoms with E-state index >= 15 is 0 Å². The number of phenolic OH excluding ortho intramolecular Hbond substituents is 2. The molecule has 25 heavy (non-hydrogen) atoms. The molecule has 2 N–H and O–H groups in total. The van der Waals surface area contributed by atoms with E-state index in [1.54, 1.807) is 31.2 Å². The summed E-state index contributed by atoms with van der Waals surface area (Å²) in [7, 11) is 0. The van der Waals surface area contributed by atoms with Crippen LogP contribution in [0.4, 0.5) is 0 Å². The third-order valence-electron chi connectivity index (χ3n) is 3.31. The smallest absolute Gasteiger partial charge is 0.330 e. The van der Waals surface area contributed by atoms with Gasteiger partial charge in [-0.15, -0.1) is 0 Å². The molecule has 0 fully saturated rings. The van der Waals surface area contributed by atoms with Crippen molar-refractivity contribution in [2.24, 2.45) is 0 Å². The van der Waals surface area contributed by atoms with Crippen LogP contribution in [0, 0.1) is 0 Å². The van der Waals surface area contributed by atoms with Crippen molar-refractivity contribution in [1.29, 1.82) is 0 Å². The first-order valence-corrected chi connectivity index (χ1v) is 7.53. The molecule has 130 valence electrons. The van der Waals surface area contributed by atoms with Gasteiger partial charge in [0.05, 0.1) is 5.56 Å². The molecule has 2 aromatic rings. The largest absolute Gasteiger partial charge is 0.508 e. The van der Waals surface area contributed by atoms with Crippen LogP contribution < -0.4 is 4.74 Å². The van der Waals surface area contributed by atoms with Crippen LogP contribution in [0.3, 0.4) is 0 Å². The van der Waals surface area contributed by atoms with Gasteiger partial charge < -0.3 is 19.7 Å². The lowest BCUT2D eigenvalue weighted by Gasteiger charge is -2.13. The molecule has 0 saturated heterocycles. The summed E-state index contributed by atoms with van der Waals surface area (Å²) in [5.74, 6) is -0.802. The quantitative estimate of drug-likeness (QED) is 0.457. The van der Waals surface area contributed by atoms with Crippen molar-refractivity contribution in [3.05, 3.63) is 66.2 Å². The molecule has 1 unspecified atom stereocenters. The Morgan fingerprint density at radius 1 is 1.16 bits per heavy atom. The molecule has 0 aromatic heterocycles. The molecule has 0 bridgehead atoms. The van der Waals surface area contributed by atoms with Crippen LogP contribution >= 0.6 is 0 Å². The number of rotatable bonds is 7. The second-order valence-corrected chi connectivity index (χ2v) is 5.32. The minimum absolute atomic E-state index is 0.0939. The van der Waals surface area contributed by atoms with Gasteiger partial charge in [0.15, 0.2) is 5.78 Å². The number of phenols is 2. The van der Waals surface area contributed by atoms with Gasteiger partial charge in [0.25, 0.3) is 0 Å². The molecule has 2 rings (SSSR count). The van der Waals surface area contributed by atoms with E-state index in [0.717, 1.165) is 12.1 Å². The summed E-state index contributed by atoms with van der Waals surface area (Å²) in [6.45, 7) is 5.16. The van der Waals surface area contributed by atoms with Gasteiger partial charge in [0, 0.05) is 17.7 Å². The highest BCUT2D eigenvalue weighted by atomic mass is 16.6. The monoisotopic (exact) mass is 342 g/mol. The Bertz CT molecular complexity index is 779. The number of hydrogen-bond donors (Lipinski definition) is 2. The maximum absolute atomic E-state index is 12.4. The number of aromatic hydroxyl groups is 2. The summed E-state index contributed by atoms with van der Waals surface area (Å²) >= 11 is 0. The second kappa shape index (κ2) is 8.01. The normalized spacial score (nSPS) is 11.4. The Morgan fingerprint density at radius 2 is 1.84 bits per heavy atom. The first-order valence-electron chi connectivity index (χ1n) is 7.53. The van der Waals surface area contributed by atoms with E-state index in [-0.39, 0.29) is 29.5 Å². The molecule has 0 aliphatic heterocycles. The van der Waals surface area contributed by atoms with Crippen LogP contribution in [0.2, 0.25) is 0 Å².